The number of hydrogen-bond donors (Lipinski definition) is 3. The molecule has 1 aromatic carbocycles. The summed E-state index contributed by atoms with van der Waals surface area (Å²) in [6.07, 6.45) is 4.35. The van der Waals surface area contributed by atoms with E-state index in [1.807, 2.05) is 31.2 Å². The Kier molecular flexibility index (Phi) is 8.25. The van der Waals surface area contributed by atoms with Gasteiger partial charge in [0.05, 0.1) is 6.61 Å². The van der Waals surface area contributed by atoms with Crippen molar-refractivity contribution in [3.05, 3.63) is 29.8 Å². The number of amides is 1. The van der Waals surface area contributed by atoms with Crippen molar-refractivity contribution in [2.75, 3.05) is 32.1 Å². The number of ether oxygens (including phenoxy) is 1. The summed E-state index contributed by atoms with van der Waals surface area (Å²) in [6.45, 7) is 4.70. The predicted molar refractivity (Wildman–Crippen MR) is 102 cm³/mol. The molecule has 0 spiro atoms. The van der Waals surface area contributed by atoms with Crippen LogP contribution in [-0.2, 0) is 16.1 Å². The van der Waals surface area contributed by atoms with E-state index in [0.717, 1.165) is 42.9 Å². The summed E-state index contributed by atoms with van der Waals surface area (Å²) in [7, 11) is 1.74. The van der Waals surface area contributed by atoms with E-state index in [0.29, 0.717) is 26.3 Å². The summed E-state index contributed by atoms with van der Waals surface area (Å²) >= 11 is 0. The summed E-state index contributed by atoms with van der Waals surface area (Å²) in [5.41, 5.74) is 1.95. The Bertz CT molecular complexity index is 568. The van der Waals surface area contributed by atoms with Gasteiger partial charge >= 0.3 is 0 Å². The molecule has 0 aliphatic heterocycles. The molecule has 0 aromatic heterocycles. The lowest BCUT2D eigenvalue weighted by Gasteiger charge is -2.13. The second kappa shape index (κ2) is 10.7. The summed E-state index contributed by atoms with van der Waals surface area (Å²) in [5, 5.41) is 9.52. The van der Waals surface area contributed by atoms with Gasteiger partial charge in [0.2, 0.25) is 5.91 Å². The van der Waals surface area contributed by atoms with Crippen LogP contribution >= 0.6 is 0 Å². The number of anilines is 1. The van der Waals surface area contributed by atoms with Crippen molar-refractivity contribution in [3.63, 3.8) is 0 Å². The average Bonchev–Trinajstić information content (AvgIpc) is 3.16. The number of benzene rings is 1. The van der Waals surface area contributed by atoms with Crippen LogP contribution in [-0.4, -0.2) is 38.7 Å². The van der Waals surface area contributed by atoms with Crippen LogP contribution in [0.25, 0.3) is 0 Å². The summed E-state index contributed by atoms with van der Waals surface area (Å²) in [6, 6.07) is 7.94. The van der Waals surface area contributed by atoms with Crippen molar-refractivity contribution >= 4 is 17.6 Å². The molecular formula is C19H30N4O2. The lowest BCUT2D eigenvalue weighted by molar-refractivity contribution is -0.119. The van der Waals surface area contributed by atoms with Crippen molar-refractivity contribution in [2.24, 2.45) is 10.9 Å². The van der Waals surface area contributed by atoms with Crippen LogP contribution in [0.15, 0.2) is 29.3 Å². The van der Waals surface area contributed by atoms with Crippen molar-refractivity contribution in [1.29, 1.82) is 0 Å². The van der Waals surface area contributed by atoms with E-state index in [9.17, 15) is 4.79 Å². The zero-order chi connectivity index (χ0) is 17.9. The SMILES string of the molecule is CCOCCNC(=NC)NCc1cccc(NC(=O)C2CCCC2)c1. The number of nitrogens with one attached hydrogen (secondary N) is 3. The number of hydrogen-bond acceptors (Lipinski definition) is 3. The van der Waals surface area contributed by atoms with Crippen LogP contribution in [0.2, 0.25) is 0 Å². The van der Waals surface area contributed by atoms with E-state index in [1.54, 1.807) is 7.05 Å². The molecule has 1 aromatic rings. The van der Waals surface area contributed by atoms with Crippen molar-refractivity contribution < 1.29 is 9.53 Å². The first-order valence-corrected chi connectivity index (χ1v) is 9.15. The van der Waals surface area contributed by atoms with Gasteiger partial charge in [0.15, 0.2) is 5.96 Å². The Morgan fingerprint density at radius 3 is 2.80 bits per heavy atom. The molecule has 25 heavy (non-hydrogen) atoms. The Morgan fingerprint density at radius 1 is 1.28 bits per heavy atom. The molecule has 2 rings (SSSR count). The molecule has 0 unspecified atom stereocenters. The van der Waals surface area contributed by atoms with E-state index < -0.39 is 0 Å². The number of nitrogens with zero attached hydrogens (tertiary/aromatic N) is 1. The third-order valence-electron chi connectivity index (χ3n) is 4.35. The first-order valence-electron chi connectivity index (χ1n) is 9.15. The molecule has 0 radical (unpaired) electrons. The van der Waals surface area contributed by atoms with Gasteiger partial charge in [0.25, 0.3) is 0 Å². The first kappa shape index (κ1) is 19.2. The van der Waals surface area contributed by atoms with E-state index >= 15 is 0 Å². The molecule has 0 saturated heterocycles. The number of carbonyl (C=O) groups is 1. The van der Waals surface area contributed by atoms with E-state index in [1.165, 1.54) is 0 Å². The average molecular weight is 346 g/mol. The van der Waals surface area contributed by atoms with Gasteiger partial charge in [-0.15, -0.1) is 0 Å². The maximum Gasteiger partial charge on any atom is 0.227 e. The number of rotatable bonds is 8. The standard InChI is InChI=1S/C19H30N4O2/c1-3-25-12-11-21-19(20-2)22-14-15-7-6-10-17(13-15)23-18(24)16-8-4-5-9-16/h6-7,10,13,16H,3-5,8-9,11-12,14H2,1-2H3,(H,23,24)(H2,20,21,22). The van der Waals surface area contributed by atoms with Crippen molar-refractivity contribution in [2.45, 2.75) is 39.2 Å². The molecule has 138 valence electrons. The highest BCUT2D eigenvalue weighted by molar-refractivity contribution is 5.92. The van der Waals surface area contributed by atoms with Crippen LogP contribution < -0.4 is 16.0 Å². The summed E-state index contributed by atoms with van der Waals surface area (Å²) in [5.74, 6) is 1.06. The number of carbonyl (C=O) groups excluding carboxylic acids is 1. The molecular weight excluding hydrogens is 316 g/mol. The molecule has 1 fully saturated rings. The maximum atomic E-state index is 12.2. The summed E-state index contributed by atoms with van der Waals surface area (Å²) < 4.78 is 5.30. The Morgan fingerprint density at radius 2 is 2.08 bits per heavy atom. The van der Waals surface area contributed by atoms with Gasteiger partial charge in [-0.3, -0.25) is 9.79 Å². The van der Waals surface area contributed by atoms with Crippen LogP contribution in [0.1, 0.15) is 38.2 Å². The van der Waals surface area contributed by atoms with Gasteiger partial charge in [-0.1, -0.05) is 25.0 Å². The Labute approximate surface area is 150 Å². The van der Waals surface area contributed by atoms with Gasteiger partial charge in [0.1, 0.15) is 0 Å². The zero-order valence-electron chi connectivity index (χ0n) is 15.3. The molecule has 1 saturated carbocycles. The van der Waals surface area contributed by atoms with Crippen LogP contribution in [0, 0.1) is 5.92 Å². The van der Waals surface area contributed by atoms with Crippen molar-refractivity contribution in [3.8, 4) is 0 Å². The minimum absolute atomic E-state index is 0.149. The van der Waals surface area contributed by atoms with Crippen molar-refractivity contribution in [1.82, 2.24) is 10.6 Å². The van der Waals surface area contributed by atoms with Gasteiger partial charge in [-0.05, 0) is 37.5 Å². The fourth-order valence-corrected chi connectivity index (χ4v) is 2.98. The van der Waals surface area contributed by atoms with Crippen LogP contribution in [0.4, 0.5) is 5.69 Å². The third-order valence-corrected chi connectivity index (χ3v) is 4.35. The normalized spacial score (nSPS) is 15.2. The highest BCUT2D eigenvalue weighted by Gasteiger charge is 2.22. The molecule has 3 N–H and O–H groups in total. The second-order valence-corrected chi connectivity index (χ2v) is 6.22. The minimum Gasteiger partial charge on any atom is -0.380 e. The molecule has 1 amide bonds. The van der Waals surface area contributed by atoms with Gasteiger partial charge in [-0.25, -0.2) is 0 Å². The second-order valence-electron chi connectivity index (χ2n) is 6.22. The third kappa shape index (κ3) is 6.74. The predicted octanol–water partition coefficient (Wildman–Crippen LogP) is 2.52. The molecule has 6 heteroatoms. The quantitative estimate of drug-likeness (QED) is 0.384. The topological polar surface area (TPSA) is 74.8 Å². The van der Waals surface area contributed by atoms with Crippen LogP contribution in [0.3, 0.4) is 0 Å². The van der Waals surface area contributed by atoms with Gasteiger partial charge in [0, 0.05) is 38.3 Å². The first-order chi connectivity index (χ1) is 12.2. The van der Waals surface area contributed by atoms with Gasteiger partial charge in [-0.2, -0.15) is 0 Å². The number of aliphatic imine (C=N–C) groups is 1. The zero-order valence-corrected chi connectivity index (χ0v) is 15.3. The van der Waals surface area contributed by atoms with E-state index in [-0.39, 0.29) is 11.8 Å². The van der Waals surface area contributed by atoms with Crippen LogP contribution in [0.5, 0.6) is 0 Å². The fraction of sp³-hybridized carbons (Fsp3) is 0.579. The smallest absolute Gasteiger partial charge is 0.227 e. The van der Waals surface area contributed by atoms with E-state index in [2.05, 4.69) is 20.9 Å². The lowest BCUT2D eigenvalue weighted by atomic mass is 10.1. The molecule has 0 bridgehead atoms. The summed E-state index contributed by atoms with van der Waals surface area (Å²) in [4.78, 5) is 16.4. The minimum atomic E-state index is 0.149. The molecule has 0 heterocycles. The Hall–Kier alpha value is -2.08. The Balaban J connectivity index is 1.80. The monoisotopic (exact) mass is 346 g/mol. The largest absolute Gasteiger partial charge is 0.380 e. The molecule has 1 aliphatic carbocycles. The maximum absolute atomic E-state index is 12.2. The molecule has 0 atom stereocenters. The highest BCUT2D eigenvalue weighted by Crippen LogP contribution is 2.26. The molecule has 6 nitrogen and oxygen atoms in total. The fourth-order valence-electron chi connectivity index (χ4n) is 2.98. The number of guanidine groups is 1. The highest BCUT2D eigenvalue weighted by atomic mass is 16.5. The van der Waals surface area contributed by atoms with E-state index in [4.69, 9.17) is 4.74 Å². The molecule has 1 aliphatic rings. The lowest BCUT2D eigenvalue weighted by Crippen LogP contribution is -2.38. The van der Waals surface area contributed by atoms with Gasteiger partial charge < -0.3 is 20.7 Å².